The summed E-state index contributed by atoms with van der Waals surface area (Å²) in [6.07, 6.45) is 3.40. The van der Waals surface area contributed by atoms with E-state index >= 15 is 0 Å². The van der Waals surface area contributed by atoms with Crippen molar-refractivity contribution in [3.8, 4) is 5.75 Å². The normalized spacial score (nSPS) is 35.3. The molecule has 1 aromatic rings. The second kappa shape index (κ2) is 4.09. The van der Waals surface area contributed by atoms with Crippen LogP contribution >= 0.6 is 0 Å². The van der Waals surface area contributed by atoms with Gasteiger partial charge in [0.1, 0.15) is 5.75 Å². The van der Waals surface area contributed by atoms with Crippen molar-refractivity contribution in [1.29, 1.82) is 0 Å². The van der Waals surface area contributed by atoms with Gasteiger partial charge >= 0.3 is 5.97 Å². The number of fused-ring (bicyclic) bond motifs is 2. The SMILES string of the molecule is CC1(C)[C@H]2CC[C@]1(C)C[C@H]2C(=O)Oc1ccccc1. The molecule has 0 aromatic heterocycles. The molecule has 0 unspecified atom stereocenters. The van der Waals surface area contributed by atoms with Crippen molar-refractivity contribution in [2.75, 3.05) is 0 Å². The molecule has 3 atom stereocenters. The molecular formula is C17H22O2. The van der Waals surface area contributed by atoms with Crippen LogP contribution in [-0.4, -0.2) is 5.97 Å². The number of esters is 1. The van der Waals surface area contributed by atoms with Crippen LogP contribution in [0.3, 0.4) is 0 Å². The third kappa shape index (κ3) is 1.80. The molecule has 2 heteroatoms. The van der Waals surface area contributed by atoms with Crippen LogP contribution in [0.1, 0.15) is 40.0 Å². The van der Waals surface area contributed by atoms with Gasteiger partial charge in [0.15, 0.2) is 0 Å². The fourth-order valence-electron chi connectivity index (χ4n) is 4.23. The average molecular weight is 258 g/mol. The number of rotatable bonds is 2. The first-order valence-electron chi connectivity index (χ1n) is 7.21. The third-order valence-electron chi connectivity index (χ3n) is 5.91. The van der Waals surface area contributed by atoms with E-state index in [1.54, 1.807) is 0 Å². The van der Waals surface area contributed by atoms with Gasteiger partial charge in [0, 0.05) is 0 Å². The van der Waals surface area contributed by atoms with Gasteiger partial charge in [0.05, 0.1) is 5.92 Å². The van der Waals surface area contributed by atoms with Crippen molar-refractivity contribution in [2.24, 2.45) is 22.7 Å². The standard InChI is InChI=1S/C17H22O2/c1-16(2)14-9-10-17(16,3)11-13(14)15(18)19-12-7-5-4-6-8-12/h4-8,13-14H,9-11H2,1-3H3/t13-,14+,17-/m1/s1. The van der Waals surface area contributed by atoms with Crippen LogP contribution in [0, 0.1) is 22.7 Å². The Morgan fingerprint density at radius 2 is 1.89 bits per heavy atom. The lowest BCUT2D eigenvalue weighted by molar-refractivity contribution is -0.141. The summed E-state index contributed by atoms with van der Waals surface area (Å²) in [5.41, 5.74) is 0.561. The maximum atomic E-state index is 12.4. The molecule has 0 heterocycles. The van der Waals surface area contributed by atoms with Crippen LogP contribution in [0.5, 0.6) is 5.75 Å². The summed E-state index contributed by atoms with van der Waals surface area (Å²) in [5.74, 6) is 1.19. The summed E-state index contributed by atoms with van der Waals surface area (Å²) in [5, 5.41) is 0. The Morgan fingerprint density at radius 3 is 2.42 bits per heavy atom. The molecule has 102 valence electrons. The van der Waals surface area contributed by atoms with E-state index in [0.717, 1.165) is 12.8 Å². The summed E-state index contributed by atoms with van der Waals surface area (Å²) < 4.78 is 5.55. The molecular weight excluding hydrogens is 236 g/mol. The number of carbonyl (C=O) groups excluding carboxylic acids is 1. The zero-order valence-electron chi connectivity index (χ0n) is 12.0. The van der Waals surface area contributed by atoms with Gasteiger partial charge < -0.3 is 4.74 Å². The minimum atomic E-state index is -0.0345. The third-order valence-corrected chi connectivity index (χ3v) is 5.91. The van der Waals surface area contributed by atoms with Gasteiger partial charge in [-0.2, -0.15) is 0 Å². The minimum absolute atomic E-state index is 0.0345. The molecule has 2 aliphatic rings. The van der Waals surface area contributed by atoms with Gasteiger partial charge in [-0.25, -0.2) is 0 Å². The highest BCUT2D eigenvalue weighted by atomic mass is 16.5. The highest BCUT2D eigenvalue weighted by Crippen LogP contribution is 2.67. The number of hydrogen-bond acceptors (Lipinski definition) is 2. The maximum absolute atomic E-state index is 12.4. The molecule has 0 radical (unpaired) electrons. The first kappa shape index (κ1) is 12.7. The van der Waals surface area contributed by atoms with E-state index in [9.17, 15) is 4.79 Å². The van der Waals surface area contributed by atoms with Crippen LogP contribution in [0.4, 0.5) is 0 Å². The molecule has 2 fully saturated rings. The minimum Gasteiger partial charge on any atom is -0.426 e. The number of benzene rings is 1. The molecule has 19 heavy (non-hydrogen) atoms. The largest absolute Gasteiger partial charge is 0.426 e. The summed E-state index contributed by atoms with van der Waals surface area (Å²) in [6, 6.07) is 9.41. The highest BCUT2D eigenvalue weighted by Gasteiger charge is 2.62. The predicted octanol–water partition coefficient (Wildman–Crippen LogP) is 4.05. The molecule has 0 N–H and O–H groups in total. The molecule has 0 aliphatic heterocycles. The molecule has 2 saturated carbocycles. The Morgan fingerprint density at radius 1 is 1.21 bits per heavy atom. The molecule has 0 amide bonds. The van der Waals surface area contributed by atoms with Crippen LogP contribution < -0.4 is 4.74 Å². The van der Waals surface area contributed by atoms with Gasteiger partial charge in [0.25, 0.3) is 0 Å². The fourth-order valence-corrected chi connectivity index (χ4v) is 4.23. The van der Waals surface area contributed by atoms with Crippen molar-refractivity contribution in [1.82, 2.24) is 0 Å². The smallest absolute Gasteiger partial charge is 0.314 e. The summed E-state index contributed by atoms with van der Waals surface area (Å²) in [7, 11) is 0. The lowest BCUT2D eigenvalue weighted by Crippen LogP contribution is -2.28. The number of hydrogen-bond donors (Lipinski definition) is 0. The fraction of sp³-hybridized carbons (Fsp3) is 0.588. The van der Waals surface area contributed by atoms with Crippen LogP contribution in [0.25, 0.3) is 0 Å². The van der Waals surface area contributed by atoms with E-state index in [-0.39, 0.29) is 17.3 Å². The second-order valence-corrected chi connectivity index (χ2v) is 6.97. The zero-order valence-corrected chi connectivity index (χ0v) is 12.0. The van der Waals surface area contributed by atoms with E-state index in [1.165, 1.54) is 6.42 Å². The molecule has 1 aromatic carbocycles. The first-order chi connectivity index (χ1) is 8.94. The van der Waals surface area contributed by atoms with Crippen LogP contribution in [0.2, 0.25) is 0 Å². The van der Waals surface area contributed by atoms with Gasteiger partial charge in [-0.1, -0.05) is 39.0 Å². The average Bonchev–Trinajstić information content (AvgIpc) is 2.72. The van der Waals surface area contributed by atoms with Crippen molar-refractivity contribution in [2.45, 2.75) is 40.0 Å². The van der Waals surface area contributed by atoms with Crippen molar-refractivity contribution in [3.63, 3.8) is 0 Å². The molecule has 2 nitrogen and oxygen atoms in total. The summed E-state index contributed by atoms with van der Waals surface area (Å²) >= 11 is 0. The Kier molecular flexibility index (Phi) is 2.74. The number of para-hydroxylation sites is 1. The summed E-state index contributed by atoms with van der Waals surface area (Å²) in [4.78, 5) is 12.4. The van der Waals surface area contributed by atoms with Gasteiger partial charge in [0.2, 0.25) is 0 Å². The highest BCUT2D eigenvalue weighted by molar-refractivity contribution is 5.76. The van der Waals surface area contributed by atoms with Crippen molar-refractivity contribution >= 4 is 5.97 Å². The zero-order chi connectivity index (χ0) is 13.7. The Labute approximate surface area is 115 Å². The number of ether oxygens (including phenoxy) is 1. The monoisotopic (exact) mass is 258 g/mol. The van der Waals surface area contributed by atoms with Crippen LogP contribution in [-0.2, 0) is 4.79 Å². The van der Waals surface area contributed by atoms with E-state index < -0.39 is 0 Å². The Balaban J connectivity index is 1.77. The quantitative estimate of drug-likeness (QED) is 0.591. The molecule has 0 saturated heterocycles. The van der Waals surface area contributed by atoms with E-state index in [2.05, 4.69) is 20.8 Å². The van der Waals surface area contributed by atoms with Gasteiger partial charge in [-0.3, -0.25) is 4.79 Å². The van der Waals surface area contributed by atoms with Gasteiger partial charge in [-0.15, -0.1) is 0 Å². The number of carbonyl (C=O) groups is 1. The van der Waals surface area contributed by atoms with Crippen LogP contribution in [0.15, 0.2) is 30.3 Å². The lowest BCUT2D eigenvalue weighted by atomic mass is 9.71. The van der Waals surface area contributed by atoms with Crippen molar-refractivity contribution in [3.05, 3.63) is 30.3 Å². The molecule has 3 rings (SSSR count). The van der Waals surface area contributed by atoms with E-state index in [1.807, 2.05) is 30.3 Å². The Bertz CT molecular complexity index is 488. The molecule has 2 bridgehead atoms. The summed E-state index contributed by atoms with van der Waals surface area (Å²) in [6.45, 7) is 6.98. The Hall–Kier alpha value is -1.31. The predicted molar refractivity (Wildman–Crippen MR) is 74.8 cm³/mol. The topological polar surface area (TPSA) is 26.3 Å². The molecule has 0 spiro atoms. The van der Waals surface area contributed by atoms with E-state index in [0.29, 0.717) is 17.1 Å². The molecule has 2 aliphatic carbocycles. The second-order valence-electron chi connectivity index (χ2n) is 6.97. The first-order valence-corrected chi connectivity index (χ1v) is 7.21. The van der Waals surface area contributed by atoms with E-state index in [4.69, 9.17) is 4.74 Å². The lowest BCUT2D eigenvalue weighted by Gasteiger charge is -2.34. The van der Waals surface area contributed by atoms with Crippen molar-refractivity contribution < 1.29 is 9.53 Å². The maximum Gasteiger partial charge on any atom is 0.314 e. The van der Waals surface area contributed by atoms with Gasteiger partial charge in [-0.05, 0) is 48.1 Å².